The molecule has 1 atom stereocenters. The Hall–Kier alpha value is -4.70. The number of nitrogens with zero attached hydrogens (tertiary/aromatic N) is 3. The summed E-state index contributed by atoms with van der Waals surface area (Å²) in [5.41, 5.74) is 3.36. The van der Waals surface area contributed by atoms with Crippen LogP contribution in [-0.2, 0) is 21.9 Å². The Morgan fingerprint density at radius 1 is 0.933 bits per heavy atom. The summed E-state index contributed by atoms with van der Waals surface area (Å²) in [4.78, 5) is 28.5. The van der Waals surface area contributed by atoms with Crippen molar-refractivity contribution >= 4 is 57.6 Å². The Bertz CT molecular complexity index is 1880. The van der Waals surface area contributed by atoms with Crippen molar-refractivity contribution in [3.63, 3.8) is 0 Å². The maximum absolute atomic E-state index is 13.6. The molecule has 0 radical (unpaired) electrons. The molecule has 224 valence electrons. The highest BCUT2D eigenvalue weighted by Gasteiger charge is 2.45. The van der Waals surface area contributed by atoms with Gasteiger partial charge in [-0.05, 0) is 46.5 Å². The molecule has 5 aromatic rings. The maximum Gasteiger partial charge on any atom is 0.296 e. The Morgan fingerprint density at radius 2 is 1.62 bits per heavy atom. The Kier molecular flexibility index (Phi) is 9.40. The first-order chi connectivity index (χ1) is 22.0. The Morgan fingerprint density at radius 3 is 2.36 bits per heavy atom. The Labute approximate surface area is 273 Å². The molecule has 1 amide bonds. The second-order valence-corrected chi connectivity index (χ2v) is 12.6. The predicted octanol–water partition coefficient (Wildman–Crippen LogP) is 8.25. The first-order valence-electron chi connectivity index (χ1n) is 14.0. The highest BCUT2D eigenvalue weighted by atomic mass is 35.5. The lowest BCUT2D eigenvalue weighted by atomic mass is 9.95. The lowest BCUT2D eigenvalue weighted by Crippen LogP contribution is -2.30. The molecule has 45 heavy (non-hydrogen) atoms. The summed E-state index contributed by atoms with van der Waals surface area (Å²) in [6, 6.07) is 32.9. The number of aliphatic hydroxyl groups is 1. The van der Waals surface area contributed by atoms with Crippen LogP contribution >= 0.6 is 34.7 Å². The smallest absolute Gasteiger partial charge is 0.296 e. The number of carbonyl (C=O) groups excluding carboxylic acids is 2. The van der Waals surface area contributed by atoms with Gasteiger partial charge < -0.3 is 9.84 Å². The molecule has 2 heterocycles. The van der Waals surface area contributed by atoms with Gasteiger partial charge in [0.05, 0.1) is 11.6 Å². The summed E-state index contributed by atoms with van der Waals surface area (Å²) in [5.74, 6) is -0.641. The van der Waals surface area contributed by atoms with Crippen LogP contribution in [0, 0.1) is 0 Å². The van der Waals surface area contributed by atoms with E-state index in [4.69, 9.17) is 16.3 Å². The molecular formula is C35H26ClN3O4S2. The third-order valence-electron chi connectivity index (χ3n) is 7.06. The minimum atomic E-state index is -0.928. The average Bonchev–Trinajstić information content (AvgIpc) is 3.65. The molecular weight excluding hydrogens is 626 g/mol. The summed E-state index contributed by atoms with van der Waals surface area (Å²) in [6.07, 6.45) is 3.02. The number of anilines is 1. The van der Waals surface area contributed by atoms with E-state index < -0.39 is 23.5 Å². The normalized spacial score (nSPS) is 14.8. The zero-order valence-electron chi connectivity index (χ0n) is 23.7. The quantitative estimate of drug-likeness (QED) is 0.0873. The molecule has 0 fully saturated rings. The van der Waals surface area contributed by atoms with Crippen LogP contribution in [0.25, 0.3) is 6.08 Å². The van der Waals surface area contributed by atoms with E-state index in [9.17, 15) is 14.7 Å². The number of aromatic nitrogens is 2. The number of halogens is 1. The van der Waals surface area contributed by atoms with Crippen molar-refractivity contribution in [2.75, 3.05) is 4.90 Å². The third kappa shape index (κ3) is 7.01. The molecule has 1 aromatic heterocycles. The zero-order chi connectivity index (χ0) is 31.2. The van der Waals surface area contributed by atoms with Crippen molar-refractivity contribution in [3.05, 3.63) is 154 Å². The van der Waals surface area contributed by atoms with Crippen LogP contribution in [0.4, 0.5) is 5.13 Å². The summed E-state index contributed by atoms with van der Waals surface area (Å²) in [7, 11) is 0. The number of rotatable bonds is 11. The summed E-state index contributed by atoms with van der Waals surface area (Å²) >= 11 is 8.96. The monoisotopic (exact) mass is 651 g/mol. The number of ether oxygens (including phenoxy) is 1. The topological polar surface area (TPSA) is 92.6 Å². The molecule has 0 saturated carbocycles. The molecule has 0 spiro atoms. The van der Waals surface area contributed by atoms with Crippen LogP contribution in [0.15, 0.2) is 131 Å². The fourth-order valence-electron chi connectivity index (χ4n) is 4.80. The van der Waals surface area contributed by atoms with Gasteiger partial charge in [0.1, 0.15) is 12.4 Å². The van der Waals surface area contributed by atoms with Gasteiger partial charge in [0.15, 0.2) is 15.9 Å². The number of thioether (sulfide) groups is 1. The van der Waals surface area contributed by atoms with E-state index in [0.717, 1.165) is 16.7 Å². The highest BCUT2D eigenvalue weighted by Crippen LogP contribution is 2.43. The number of hydrogen-bond donors (Lipinski definition) is 1. The van der Waals surface area contributed by atoms with E-state index in [0.29, 0.717) is 33.0 Å². The van der Waals surface area contributed by atoms with Crippen molar-refractivity contribution in [2.24, 2.45) is 0 Å². The van der Waals surface area contributed by atoms with Crippen molar-refractivity contribution in [2.45, 2.75) is 22.7 Å². The molecule has 0 bridgehead atoms. The molecule has 1 unspecified atom stereocenters. The van der Waals surface area contributed by atoms with E-state index in [1.807, 2.05) is 84.9 Å². The molecule has 6 rings (SSSR count). The molecule has 7 nitrogen and oxygen atoms in total. The van der Waals surface area contributed by atoms with Crippen LogP contribution in [0.3, 0.4) is 0 Å². The first kappa shape index (κ1) is 30.3. The molecule has 4 aromatic carbocycles. The SMILES string of the molecule is O=C(/C=C/c1ccccc1)C1=C(O)C(=O)N(c2nnc(SCc3ccccc3Cl)s2)C1c1ccc(OCc2ccccc2)cc1. The van der Waals surface area contributed by atoms with Crippen molar-refractivity contribution in [1.82, 2.24) is 10.2 Å². The van der Waals surface area contributed by atoms with Gasteiger partial charge in [0.2, 0.25) is 5.13 Å². The molecule has 0 saturated heterocycles. The largest absolute Gasteiger partial charge is 0.503 e. The van der Waals surface area contributed by atoms with Crippen LogP contribution in [0.2, 0.25) is 5.02 Å². The molecule has 10 heteroatoms. The summed E-state index contributed by atoms with van der Waals surface area (Å²) in [5, 5.41) is 20.6. The van der Waals surface area contributed by atoms with E-state index in [1.165, 1.54) is 34.1 Å². The van der Waals surface area contributed by atoms with Gasteiger partial charge >= 0.3 is 0 Å². The molecule has 1 aliphatic heterocycles. The third-order valence-corrected chi connectivity index (χ3v) is 9.53. The highest BCUT2D eigenvalue weighted by molar-refractivity contribution is 8.00. The van der Waals surface area contributed by atoms with Gasteiger partial charge in [0, 0.05) is 10.8 Å². The number of hydrogen-bond acceptors (Lipinski definition) is 8. The van der Waals surface area contributed by atoms with Gasteiger partial charge in [-0.15, -0.1) is 10.2 Å². The van der Waals surface area contributed by atoms with E-state index in [-0.39, 0.29) is 10.7 Å². The van der Waals surface area contributed by atoms with Gasteiger partial charge in [-0.1, -0.05) is 132 Å². The van der Waals surface area contributed by atoms with E-state index >= 15 is 0 Å². The lowest BCUT2D eigenvalue weighted by molar-refractivity contribution is -0.117. The van der Waals surface area contributed by atoms with Gasteiger partial charge in [-0.3, -0.25) is 14.5 Å². The van der Waals surface area contributed by atoms with Crippen molar-refractivity contribution in [3.8, 4) is 5.75 Å². The van der Waals surface area contributed by atoms with Crippen LogP contribution < -0.4 is 9.64 Å². The Balaban J connectivity index is 1.29. The minimum absolute atomic E-state index is 0.0365. The van der Waals surface area contributed by atoms with Crippen LogP contribution in [0.1, 0.15) is 28.3 Å². The van der Waals surface area contributed by atoms with Crippen LogP contribution in [-0.4, -0.2) is 27.0 Å². The number of aliphatic hydroxyl groups excluding tert-OH is 1. The summed E-state index contributed by atoms with van der Waals surface area (Å²) < 4.78 is 6.56. The number of allylic oxidation sites excluding steroid dienone is 1. The fourth-order valence-corrected chi connectivity index (χ4v) is 6.95. The van der Waals surface area contributed by atoms with Gasteiger partial charge in [0.25, 0.3) is 5.91 Å². The average molecular weight is 652 g/mol. The fraction of sp³-hybridized carbons (Fsp3) is 0.0857. The molecule has 0 aliphatic carbocycles. The second-order valence-electron chi connectivity index (χ2n) is 10.0. The van der Waals surface area contributed by atoms with Gasteiger partial charge in [-0.25, -0.2) is 0 Å². The van der Waals surface area contributed by atoms with Crippen molar-refractivity contribution in [1.29, 1.82) is 0 Å². The number of carbonyl (C=O) groups is 2. The van der Waals surface area contributed by atoms with Crippen molar-refractivity contribution < 1.29 is 19.4 Å². The number of ketones is 1. The predicted molar refractivity (Wildman–Crippen MR) is 179 cm³/mol. The number of benzene rings is 4. The van der Waals surface area contributed by atoms with Gasteiger partial charge in [-0.2, -0.15) is 0 Å². The molecule has 1 N–H and O–H groups in total. The first-order valence-corrected chi connectivity index (χ1v) is 16.2. The minimum Gasteiger partial charge on any atom is -0.503 e. The van der Waals surface area contributed by atoms with E-state index in [1.54, 1.807) is 30.3 Å². The van der Waals surface area contributed by atoms with Crippen LogP contribution in [0.5, 0.6) is 5.75 Å². The standard InChI is InChI=1S/C35H26ClN3O4S2/c36-28-14-8-7-13-26(28)22-44-35-38-37-34(45-35)39-31(25-16-18-27(19-17-25)43-21-24-11-5-2-6-12-24)30(32(41)33(39)42)29(40)20-15-23-9-3-1-4-10-23/h1-20,31,41H,21-22H2/b20-15+. The zero-order valence-corrected chi connectivity index (χ0v) is 26.1. The van der Waals surface area contributed by atoms with E-state index in [2.05, 4.69) is 10.2 Å². The molecule has 1 aliphatic rings. The summed E-state index contributed by atoms with van der Waals surface area (Å²) in [6.45, 7) is 0.391. The lowest BCUT2D eigenvalue weighted by Gasteiger charge is -2.24. The second kappa shape index (κ2) is 13.9. The maximum atomic E-state index is 13.6. The number of amides is 1.